The van der Waals surface area contributed by atoms with Crippen LogP contribution in [0.5, 0.6) is 0 Å². The van der Waals surface area contributed by atoms with E-state index in [1.54, 1.807) is 0 Å². The van der Waals surface area contributed by atoms with Gasteiger partial charge in [0.2, 0.25) is 5.91 Å². The molecule has 1 aliphatic carbocycles. The van der Waals surface area contributed by atoms with Gasteiger partial charge in [-0.15, -0.1) is 0 Å². The second-order valence-electron chi connectivity index (χ2n) is 5.70. The predicted octanol–water partition coefficient (Wildman–Crippen LogP) is 2.69. The first-order valence-corrected chi connectivity index (χ1v) is 7.19. The summed E-state index contributed by atoms with van der Waals surface area (Å²) in [6, 6.07) is 9.36. The fraction of sp³-hybridized carbons (Fsp3) is 0.562. The monoisotopic (exact) mass is 260 g/mol. The Morgan fingerprint density at radius 1 is 1.26 bits per heavy atom. The summed E-state index contributed by atoms with van der Waals surface area (Å²) in [7, 11) is 0. The van der Waals surface area contributed by atoms with Gasteiger partial charge in [-0.3, -0.25) is 4.79 Å². The molecule has 0 spiro atoms. The van der Waals surface area contributed by atoms with E-state index >= 15 is 0 Å². The van der Waals surface area contributed by atoms with E-state index in [1.165, 1.54) is 11.1 Å². The molecule has 3 nitrogen and oxygen atoms in total. The number of benzene rings is 1. The van der Waals surface area contributed by atoms with Gasteiger partial charge in [0.1, 0.15) is 0 Å². The highest BCUT2D eigenvalue weighted by Gasteiger charge is 2.25. The number of amides is 1. The molecule has 2 rings (SSSR count). The molecule has 1 aromatic rings. The summed E-state index contributed by atoms with van der Waals surface area (Å²) in [6.45, 7) is 4.36. The van der Waals surface area contributed by atoms with Gasteiger partial charge in [0.15, 0.2) is 0 Å². The van der Waals surface area contributed by atoms with Crippen molar-refractivity contribution in [2.75, 3.05) is 0 Å². The van der Waals surface area contributed by atoms with Gasteiger partial charge in [-0.05, 0) is 50.7 Å². The van der Waals surface area contributed by atoms with Gasteiger partial charge in [-0.25, -0.2) is 0 Å². The fourth-order valence-corrected chi connectivity index (χ4v) is 3.06. The van der Waals surface area contributed by atoms with Crippen molar-refractivity contribution in [2.24, 2.45) is 11.7 Å². The van der Waals surface area contributed by atoms with Crippen LogP contribution in [0, 0.1) is 12.8 Å². The van der Waals surface area contributed by atoms with Crippen LogP contribution in [0.1, 0.15) is 49.8 Å². The maximum absolute atomic E-state index is 11.2. The summed E-state index contributed by atoms with van der Waals surface area (Å²) >= 11 is 0. The molecular formula is C16H24N2O. The number of nitrogens with one attached hydrogen (secondary N) is 1. The molecule has 0 radical (unpaired) electrons. The van der Waals surface area contributed by atoms with Crippen molar-refractivity contribution in [1.29, 1.82) is 0 Å². The summed E-state index contributed by atoms with van der Waals surface area (Å²) in [4.78, 5) is 11.2. The summed E-state index contributed by atoms with van der Waals surface area (Å²) in [5.74, 6) is -0.0442. The quantitative estimate of drug-likeness (QED) is 0.874. The van der Waals surface area contributed by atoms with Crippen LogP contribution in [-0.2, 0) is 4.79 Å². The average Bonchev–Trinajstić information content (AvgIpc) is 2.39. The molecule has 1 unspecified atom stereocenters. The zero-order valence-electron chi connectivity index (χ0n) is 11.9. The Labute approximate surface area is 115 Å². The van der Waals surface area contributed by atoms with Gasteiger partial charge in [0.25, 0.3) is 0 Å². The topological polar surface area (TPSA) is 55.1 Å². The highest BCUT2D eigenvalue weighted by Crippen LogP contribution is 2.26. The lowest BCUT2D eigenvalue weighted by atomic mass is 9.85. The summed E-state index contributed by atoms with van der Waals surface area (Å²) in [5, 5.41) is 3.68. The summed E-state index contributed by atoms with van der Waals surface area (Å²) in [5.41, 5.74) is 8.05. The first kappa shape index (κ1) is 14.1. The largest absolute Gasteiger partial charge is 0.369 e. The third-order valence-corrected chi connectivity index (χ3v) is 4.27. The molecule has 3 heteroatoms. The van der Waals surface area contributed by atoms with Crippen LogP contribution in [0.15, 0.2) is 24.3 Å². The van der Waals surface area contributed by atoms with Crippen LogP contribution in [0.4, 0.5) is 0 Å². The van der Waals surface area contributed by atoms with E-state index < -0.39 is 0 Å². The van der Waals surface area contributed by atoms with Crippen molar-refractivity contribution >= 4 is 5.91 Å². The Kier molecular flexibility index (Phi) is 4.59. The molecule has 1 amide bonds. The Hall–Kier alpha value is -1.35. The zero-order chi connectivity index (χ0) is 13.8. The maximum Gasteiger partial charge on any atom is 0.220 e. The number of nitrogens with two attached hydrogens (primary N) is 1. The average molecular weight is 260 g/mol. The third-order valence-electron chi connectivity index (χ3n) is 4.27. The van der Waals surface area contributed by atoms with Crippen molar-refractivity contribution in [1.82, 2.24) is 5.32 Å². The molecule has 1 aromatic carbocycles. The molecule has 1 saturated carbocycles. The van der Waals surface area contributed by atoms with E-state index in [0.29, 0.717) is 12.1 Å². The molecular weight excluding hydrogens is 236 g/mol. The number of primary amides is 1. The van der Waals surface area contributed by atoms with E-state index in [4.69, 9.17) is 5.73 Å². The van der Waals surface area contributed by atoms with Crippen LogP contribution in [-0.4, -0.2) is 11.9 Å². The smallest absolute Gasteiger partial charge is 0.220 e. The van der Waals surface area contributed by atoms with Crippen molar-refractivity contribution in [3.05, 3.63) is 35.4 Å². The first-order chi connectivity index (χ1) is 9.08. The van der Waals surface area contributed by atoms with Crippen LogP contribution < -0.4 is 11.1 Å². The molecule has 0 aromatic heterocycles. The second kappa shape index (κ2) is 6.20. The SMILES string of the molecule is Cc1ccccc1C(C)NC1CCC(C(N)=O)CC1. The van der Waals surface area contributed by atoms with E-state index in [9.17, 15) is 4.79 Å². The number of carbonyl (C=O) groups excluding carboxylic acids is 1. The molecule has 104 valence electrons. The van der Waals surface area contributed by atoms with Crippen LogP contribution in [0.3, 0.4) is 0 Å². The minimum Gasteiger partial charge on any atom is -0.369 e. The minimum absolute atomic E-state index is 0.0896. The normalized spacial score (nSPS) is 24.9. The summed E-state index contributed by atoms with van der Waals surface area (Å²) in [6.07, 6.45) is 3.94. The number of aryl methyl sites for hydroxylation is 1. The van der Waals surface area contributed by atoms with Crippen molar-refractivity contribution in [2.45, 2.75) is 51.6 Å². The van der Waals surface area contributed by atoms with Gasteiger partial charge in [0, 0.05) is 18.0 Å². The van der Waals surface area contributed by atoms with Crippen molar-refractivity contribution in [3.63, 3.8) is 0 Å². The van der Waals surface area contributed by atoms with Crippen LogP contribution in [0.2, 0.25) is 0 Å². The summed E-state index contributed by atoms with van der Waals surface area (Å²) < 4.78 is 0. The number of rotatable bonds is 4. The van der Waals surface area contributed by atoms with Crippen molar-refractivity contribution < 1.29 is 4.79 Å². The van der Waals surface area contributed by atoms with E-state index in [2.05, 4.69) is 43.4 Å². The standard InChI is InChI=1S/C16H24N2O/c1-11-5-3-4-6-15(11)12(2)18-14-9-7-13(8-10-14)16(17)19/h3-6,12-14,18H,7-10H2,1-2H3,(H2,17,19). The van der Waals surface area contributed by atoms with E-state index in [1.807, 2.05) is 0 Å². The molecule has 0 saturated heterocycles. The molecule has 1 fully saturated rings. The van der Waals surface area contributed by atoms with Gasteiger partial charge in [0.05, 0.1) is 0 Å². The van der Waals surface area contributed by atoms with Crippen LogP contribution in [0.25, 0.3) is 0 Å². The second-order valence-corrected chi connectivity index (χ2v) is 5.70. The number of hydrogen-bond acceptors (Lipinski definition) is 2. The highest BCUT2D eigenvalue weighted by atomic mass is 16.1. The molecule has 19 heavy (non-hydrogen) atoms. The molecule has 1 aliphatic rings. The van der Waals surface area contributed by atoms with Crippen LogP contribution >= 0.6 is 0 Å². The lowest BCUT2D eigenvalue weighted by molar-refractivity contribution is -0.122. The molecule has 0 bridgehead atoms. The van der Waals surface area contributed by atoms with Gasteiger partial charge in [-0.2, -0.15) is 0 Å². The Morgan fingerprint density at radius 3 is 2.47 bits per heavy atom. The zero-order valence-corrected chi connectivity index (χ0v) is 11.9. The lowest BCUT2D eigenvalue weighted by Crippen LogP contribution is -2.37. The maximum atomic E-state index is 11.2. The van der Waals surface area contributed by atoms with Gasteiger partial charge in [-0.1, -0.05) is 24.3 Å². The third kappa shape index (κ3) is 3.57. The van der Waals surface area contributed by atoms with E-state index in [-0.39, 0.29) is 11.8 Å². The first-order valence-electron chi connectivity index (χ1n) is 7.19. The van der Waals surface area contributed by atoms with Crippen molar-refractivity contribution in [3.8, 4) is 0 Å². The Bertz CT molecular complexity index is 436. The lowest BCUT2D eigenvalue weighted by Gasteiger charge is -2.30. The van der Waals surface area contributed by atoms with Gasteiger partial charge >= 0.3 is 0 Å². The molecule has 0 aliphatic heterocycles. The molecule has 1 atom stereocenters. The Morgan fingerprint density at radius 2 is 1.89 bits per heavy atom. The fourth-order valence-electron chi connectivity index (χ4n) is 3.06. The molecule has 0 heterocycles. The number of carbonyl (C=O) groups is 1. The van der Waals surface area contributed by atoms with E-state index in [0.717, 1.165) is 25.7 Å². The molecule has 3 N–H and O–H groups in total. The number of hydrogen-bond donors (Lipinski definition) is 2. The Balaban J connectivity index is 1.89. The van der Waals surface area contributed by atoms with Gasteiger partial charge < -0.3 is 11.1 Å². The highest BCUT2D eigenvalue weighted by molar-refractivity contribution is 5.76. The minimum atomic E-state index is -0.134. The predicted molar refractivity (Wildman–Crippen MR) is 77.7 cm³/mol.